The van der Waals surface area contributed by atoms with Gasteiger partial charge in [-0.2, -0.15) is 18.3 Å². The van der Waals surface area contributed by atoms with E-state index in [2.05, 4.69) is 28.1 Å². The first-order valence-corrected chi connectivity index (χ1v) is 9.53. The van der Waals surface area contributed by atoms with Gasteiger partial charge in [0.1, 0.15) is 0 Å². The highest BCUT2D eigenvalue weighted by atomic mass is 19.4. The Morgan fingerprint density at radius 2 is 1.79 bits per heavy atom. The van der Waals surface area contributed by atoms with Gasteiger partial charge in [-0.05, 0) is 56.0 Å². The van der Waals surface area contributed by atoms with Gasteiger partial charge in [-0.25, -0.2) is 4.79 Å². The Kier molecular flexibility index (Phi) is 4.59. The lowest BCUT2D eigenvalue weighted by Crippen LogP contribution is -2.42. The lowest BCUT2D eigenvalue weighted by molar-refractivity contribution is -0.137. The molecule has 2 aromatic rings. The molecule has 1 N–H and O–H groups in total. The van der Waals surface area contributed by atoms with Crippen LogP contribution in [-0.2, 0) is 11.6 Å². The monoisotopic (exact) mass is 392 g/mol. The van der Waals surface area contributed by atoms with Crippen LogP contribution >= 0.6 is 0 Å². The summed E-state index contributed by atoms with van der Waals surface area (Å²) in [5.74, 6) is 0. The van der Waals surface area contributed by atoms with Gasteiger partial charge in [-0.3, -0.25) is 4.68 Å². The summed E-state index contributed by atoms with van der Waals surface area (Å²) < 4.78 is 40.0. The summed E-state index contributed by atoms with van der Waals surface area (Å²) in [7, 11) is 0. The zero-order chi connectivity index (χ0) is 19.9. The molecule has 2 fully saturated rings. The number of carbonyl (C=O) groups is 1. The van der Waals surface area contributed by atoms with Crippen LogP contribution in [-0.4, -0.2) is 33.8 Å². The molecule has 2 heterocycles. The van der Waals surface area contributed by atoms with E-state index >= 15 is 0 Å². The maximum atomic E-state index is 12.6. The Labute approximate surface area is 161 Å². The Bertz CT molecular complexity index is 847. The number of carbonyl (C=O) groups excluding carboxylic acids is 1. The predicted molar refractivity (Wildman–Crippen MR) is 99.1 cm³/mol. The molecule has 8 heteroatoms. The molecular weight excluding hydrogens is 369 g/mol. The van der Waals surface area contributed by atoms with Crippen molar-refractivity contribution in [1.82, 2.24) is 14.7 Å². The number of halogens is 3. The maximum absolute atomic E-state index is 12.6. The van der Waals surface area contributed by atoms with E-state index in [0.29, 0.717) is 18.8 Å². The maximum Gasteiger partial charge on any atom is 0.416 e. The SMILES string of the molecule is CC1(c2ccnn2C2CCN(C(=O)Nc3ccc(C(F)(F)F)cc3)CC2)CC1. The van der Waals surface area contributed by atoms with Crippen LogP contribution < -0.4 is 5.32 Å². The molecule has 0 radical (unpaired) electrons. The number of piperidine rings is 1. The third kappa shape index (κ3) is 3.72. The predicted octanol–water partition coefficient (Wildman–Crippen LogP) is 4.82. The van der Waals surface area contributed by atoms with E-state index in [1.54, 1.807) is 4.90 Å². The van der Waals surface area contributed by atoms with Crippen molar-refractivity contribution in [2.45, 2.75) is 50.2 Å². The van der Waals surface area contributed by atoms with E-state index < -0.39 is 11.7 Å². The lowest BCUT2D eigenvalue weighted by Gasteiger charge is -2.33. The minimum Gasteiger partial charge on any atom is -0.324 e. The first-order valence-electron chi connectivity index (χ1n) is 9.53. The summed E-state index contributed by atoms with van der Waals surface area (Å²) in [6.07, 6.45) is 1.46. The van der Waals surface area contributed by atoms with Crippen molar-refractivity contribution in [2.75, 3.05) is 18.4 Å². The molecule has 1 saturated carbocycles. The molecule has 1 saturated heterocycles. The normalized spacial score (nSPS) is 19.5. The number of aromatic nitrogens is 2. The van der Waals surface area contributed by atoms with Gasteiger partial charge in [0.25, 0.3) is 0 Å². The highest BCUT2D eigenvalue weighted by Crippen LogP contribution is 2.48. The number of hydrogen-bond donors (Lipinski definition) is 1. The van der Waals surface area contributed by atoms with E-state index in [1.807, 2.05) is 6.20 Å². The number of benzene rings is 1. The van der Waals surface area contributed by atoms with Crippen LogP contribution in [0.15, 0.2) is 36.5 Å². The van der Waals surface area contributed by atoms with Crippen molar-refractivity contribution < 1.29 is 18.0 Å². The van der Waals surface area contributed by atoms with Crippen LogP contribution in [0, 0.1) is 0 Å². The van der Waals surface area contributed by atoms with Crippen molar-refractivity contribution in [3.63, 3.8) is 0 Å². The average molecular weight is 392 g/mol. The van der Waals surface area contributed by atoms with Crippen LogP contribution in [0.1, 0.15) is 49.9 Å². The number of nitrogens with one attached hydrogen (secondary N) is 1. The zero-order valence-electron chi connectivity index (χ0n) is 15.7. The minimum absolute atomic E-state index is 0.244. The molecule has 28 heavy (non-hydrogen) atoms. The second-order valence-electron chi connectivity index (χ2n) is 7.95. The van der Waals surface area contributed by atoms with Crippen LogP contribution in [0.2, 0.25) is 0 Å². The summed E-state index contributed by atoms with van der Waals surface area (Å²) in [6, 6.07) is 6.58. The number of rotatable bonds is 3. The Balaban J connectivity index is 1.34. The fourth-order valence-electron chi connectivity index (χ4n) is 3.79. The summed E-state index contributed by atoms with van der Waals surface area (Å²) >= 11 is 0. The standard InChI is InChI=1S/C20H23F3N4O/c1-19(9-10-19)17-6-11-24-27(17)16-7-12-26(13-8-16)18(28)25-15-4-2-14(3-5-15)20(21,22)23/h2-6,11,16H,7-10,12-13H2,1H3,(H,25,28). The van der Waals surface area contributed by atoms with Gasteiger partial charge in [-0.1, -0.05) is 6.92 Å². The van der Waals surface area contributed by atoms with Crippen molar-refractivity contribution in [2.24, 2.45) is 0 Å². The molecule has 1 aromatic carbocycles. The van der Waals surface area contributed by atoms with E-state index in [1.165, 1.54) is 30.7 Å². The Morgan fingerprint density at radius 3 is 2.36 bits per heavy atom. The summed E-state index contributed by atoms with van der Waals surface area (Å²) in [4.78, 5) is 14.2. The number of hydrogen-bond acceptors (Lipinski definition) is 2. The topological polar surface area (TPSA) is 50.2 Å². The third-order valence-corrected chi connectivity index (χ3v) is 5.85. The van der Waals surface area contributed by atoms with Crippen LogP contribution in [0.3, 0.4) is 0 Å². The largest absolute Gasteiger partial charge is 0.416 e. The number of amides is 2. The molecule has 1 aliphatic heterocycles. The van der Waals surface area contributed by atoms with Crippen LogP contribution in [0.25, 0.3) is 0 Å². The molecule has 0 spiro atoms. The lowest BCUT2D eigenvalue weighted by atomic mass is 10.0. The van der Waals surface area contributed by atoms with E-state index in [-0.39, 0.29) is 17.5 Å². The van der Waals surface area contributed by atoms with Gasteiger partial charge in [0.05, 0.1) is 11.6 Å². The third-order valence-electron chi connectivity index (χ3n) is 5.85. The summed E-state index contributed by atoms with van der Waals surface area (Å²) in [5, 5.41) is 7.20. The summed E-state index contributed by atoms with van der Waals surface area (Å²) in [5.41, 5.74) is 1.15. The summed E-state index contributed by atoms with van der Waals surface area (Å²) in [6.45, 7) is 3.44. The molecule has 5 nitrogen and oxygen atoms in total. The number of nitrogens with zero attached hydrogens (tertiary/aromatic N) is 3. The quantitative estimate of drug-likeness (QED) is 0.814. The van der Waals surface area contributed by atoms with Gasteiger partial charge in [-0.15, -0.1) is 0 Å². The molecule has 0 bridgehead atoms. The van der Waals surface area contributed by atoms with Crippen molar-refractivity contribution in [3.05, 3.63) is 47.8 Å². The van der Waals surface area contributed by atoms with E-state index in [4.69, 9.17) is 0 Å². The van der Waals surface area contributed by atoms with Gasteiger partial charge in [0.2, 0.25) is 0 Å². The van der Waals surface area contributed by atoms with Gasteiger partial charge in [0.15, 0.2) is 0 Å². The highest BCUT2D eigenvalue weighted by Gasteiger charge is 2.42. The number of anilines is 1. The Morgan fingerprint density at radius 1 is 1.14 bits per heavy atom. The van der Waals surface area contributed by atoms with E-state index in [9.17, 15) is 18.0 Å². The molecule has 150 valence electrons. The molecule has 1 aliphatic carbocycles. The van der Waals surface area contributed by atoms with Gasteiger partial charge >= 0.3 is 12.2 Å². The molecular formula is C20H23F3N4O. The zero-order valence-corrected chi connectivity index (χ0v) is 15.7. The molecule has 2 aliphatic rings. The highest BCUT2D eigenvalue weighted by molar-refractivity contribution is 5.89. The smallest absolute Gasteiger partial charge is 0.324 e. The van der Waals surface area contributed by atoms with Crippen molar-refractivity contribution in [1.29, 1.82) is 0 Å². The van der Waals surface area contributed by atoms with E-state index in [0.717, 1.165) is 25.0 Å². The second kappa shape index (κ2) is 6.83. The number of alkyl halides is 3. The first-order chi connectivity index (χ1) is 13.3. The number of likely N-dealkylation sites (tertiary alicyclic amines) is 1. The Hall–Kier alpha value is -2.51. The van der Waals surface area contributed by atoms with Crippen LogP contribution in [0.4, 0.5) is 23.7 Å². The second-order valence-corrected chi connectivity index (χ2v) is 7.95. The molecule has 1 aromatic heterocycles. The first kappa shape index (κ1) is 18.8. The minimum atomic E-state index is -4.38. The average Bonchev–Trinajstić information content (AvgIpc) is 3.21. The van der Waals surface area contributed by atoms with Crippen molar-refractivity contribution >= 4 is 11.7 Å². The van der Waals surface area contributed by atoms with Gasteiger partial charge in [0, 0.05) is 36.1 Å². The molecule has 4 rings (SSSR count). The van der Waals surface area contributed by atoms with Crippen LogP contribution in [0.5, 0.6) is 0 Å². The molecule has 0 unspecified atom stereocenters. The van der Waals surface area contributed by atoms with Crippen molar-refractivity contribution in [3.8, 4) is 0 Å². The molecule has 2 amide bonds. The fourth-order valence-corrected chi connectivity index (χ4v) is 3.79. The van der Waals surface area contributed by atoms with Gasteiger partial charge < -0.3 is 10.2 Å². The fraction of sp³-hybridized carbons (Fsp3) is 0.500. The number of urea groups is 1. The molecule has 0 atom stereocenters.